The number of aromatic hydroxyl groups is 3. The first-order valence-electron chi connectivity index (χ1n) is 11.2. The molecule has 1 saturated heterocycles. The molecule has 0 saturated carbocycles. The van der Waals surface area contributed by atoms with Crippen LogP contribution in [0.15, 0.2) is 78.9 Å². The van der Waals surface area contributed by atoms with Crippen LogP contribution in [0.5, 0.6) is 17.2 Å². The highest BCUT2D eigenvalue weighted by Crippen LogP contribution is 2.47. The van der Waals surface area contributed by atoms with Gasteiger partial charge >= 0.3 is 0 Å². The van der Waals surface area contributed by atoms with Gasteiger partial charge in [0.15, 0.2) is 0 Å². The molecule has 3 aromatic rings. The molecule has 4 atom stereocenters. The molecule has 172 valence electrons. The Kier molecular flexibility index (Phi) is 7.33. The Labute approximate surface area is 194 Å². The topological polar surface area (TPSA) is 79.2 Å². The van der Waals surface area contributed by atoms with Crippen LogP contribution in [-0.4, -0.2) is 29.0 Å². The summed E-state index contributed by atoms with van der Waals surface area (Å²) in [5, 5.41) is 29.0. The van der Waals surface area contributed by atoms with Crippen LogP contribution in [0.3, 0.4) is 0 Å². The molecule has 1 heterocycles. The number of methoxy groups -OCH3 is 1. The van der Waals surface area contributed by atoms with Crippen LogP contribution in [0.2, 0.25) is 0 Å². The van der Waals surface area contributed by atoms with E-state index in [2.05, 4.69) is 12.2 Å². The second kappa shape index (κ2) is 10.6. The van der Waals surface area contributed by atoms with Gasteiger partial charge in [-0.2, -0.15) is 0 Å². The van der Waals surface area contributed by atoms with Gasteiger partial charge in [0.25, 0.3) is 0 Å². The third kappa shape index (κ3) is 5.75. The van der Waals surface area contributed by atoms with E-state index in [1.807, 2.05) is 36.4 Å². The standard InChI is InChI=1S/C28H30O5/c1-32-18-23-17-22(4-2-3-19-5-11-24(29)12-6-19)27(20-7-13-25(30)14-8-20)33-28(23)21-9-15-26(31)16-10-21/h2-3,5-16,22-23,27-31H,4,17-18H2,1H3. The first kappa shape index (κ1) is 22.9. The number of rotatable bonds is 7. The smallest absolute Gasteiger partial charge is 0.115 e. The Balaban J connectivity index is 1.60. The zero-order chi connectivity index (χ0) is 23.2. The number of ether oxygens (including phenoxy) is 2. The Hall–Kier alpha value is -3.28. The maximum atomic E-state index is 9.77. The fraction of sp³-hybridized carbons (Fsp3) is 0.286. The van der Waals surface area contributed by atoms with Gasteiger partial charge in [0, 0.05) is 13.0 Å². The lowest BCUT2D eigenvalue weighted by Gasteiger charge is -2.42. The normalized spacial score (nSPS) is 23.1. The predicted octanol–water partition coefficient (Wildman–Crippen LogP) is 5.99. The van der Waals surface area contributed by atoms with E-state index in [0.29, 0.717) is 6.61 Å². The van der Waals surface area contributed by atoms with E-state index in [0.717, 1.165) is 29.5 Å². The third-order valence-electron chi connectivity index (χ3n) is 6.22. The van der Waals surface area contributed by atoms with Crippen molar-refractivity contribution >= 4 is 6.08 Å². The Morgan fingerprint density at radius 3 is 1.76 bits per heavy atom. The number of hydrogen-bond donors (Lipinski definition) is 3. The number of allylic oxidation sites excluding steroid dienone is 1. The summed E-state index contributed by atoms with van der Waals surface area (Å²) >= 11 is 0. The second-order valence-corrected chi connectivity index (χ2v) is 8.60. The molecule has 4 rings (SSSR count). The van der Waals surface area contributed by atoms with Gasteiger partial charge in [-0.3, -0.25) is 0 Å². The molecule has 0 spiro atoms. The maximum absolute atomic E-state index is 9.77. The summed E-state index contributed by atoms with van der Waals surface area (Å²) in [4.78, 5) is 0. The van der Waals surface area contributed by atoms with E-state index < -0.39 is 0 Å². The number of phenolic OH excluding ortho intramolecular Hbond substituents is 3. The van der Waals surface area contributed by atoms with E-state index in [9.17, 15) is 15.3 Å². The van der Waals surface area contributed by atoms with E-state index in [1.165, 1.54) is 0 Å². The minimum atomic E-state index is -0.165. The highest BCUT2D eigenvalue weighted by molar-refractivity contribution is 5.50. The van der Waals surface area contributed by atoms with Crippen LogP contribution in [0, 0.1) is 11.8 Å². The van der Waals surface area contributed by atoms with E-state index in [-0.39, 0.29) is 41.3 Å². The Morgan fingerprint density at radius 2 is 1.24 bits per heavy atom. The number of benzene rings is 3. The highest BCUT2D eigenvalue weighted by Gasteiger charge is 2.39. The van der Waals surface area contributed by atoms with Crippen molar-refractivity contribution in [2.75, 3.05) is 13.7 Å². The van der Waals surface area contributed by atoms with Crippen LogP contribution >= 0.6 is 0 Å². The molecule has 33 heavy (non-hydrogen) atoms. The van der Waals surface area contributed by atoms with Crippen LogP contribution in [0.4, 0.5) is 0 Å². The quantitative estimate of drug-likeness (QED) is 0.416. The molecule has 1 aliphatic rings. The van der Waals surface area contributed by atoms with Crippen LogP contribution in [-0.2, 0) is 9.47 Å². The molecule has 1 aliphatic heterocycles. The van der Waals surface area contributed by atoms with Crippen LogP contribution < -0.4 is 0 Å². The fourth-order valence-corrected chi connectivity index (χ4v) is 4.60. The molecular formula is C28H30O5. The molecule has 4 unspecified atom stereocenters. The van der Waals surface area contributed by atoms with Gasteiger partial charge in [-0.15, -0.1) is 0 Å². The Morgan fingerprint density at radius 1 is 0.758 bits per heavy atom. The van der Waals surface area contributed by atoms with Crippen molar-refractivity contribution in [3.05, 3.63) is 95.6 Å². The molecule has 3 N–H and O–H groups in total. The minimum absolute atomic E-state index is 0.151. The maximum Gasteiger partial charge on any atom is 0.115 e. The molecule has 0 aromatic heterocycles. The Bertz CT molecular complexity index is 1040. The van der Waals surface area contributed by atoms with Crippen molar-refractivity contribution in [3.63, 3.8) is 0 Å². The van der Waals surface area contributed by atoms with Crippen molar-refractivity contribution in [2.45, 2.75) is 25.0 Å². The molecule has 5 nitrogen and oxygen atoms in total. The first-order valence-corrected chi connectivity index (χ1v) is 11.2. The summed E-state index contributed by atoms with van der Waals surface area (Å²) in [6.07, 6.45) is 5.62. The molecular weight excluding hydrogens is 416 g/mol. The van der Waals surface area contributed by atoms with Gasteiger partial charge in [-0.05, 0) is 71.8 Å². The van der Waals surface area contributed by atoms with Gasteiger partial charge in [-0.25, -0.2) is 0 Å². The second-order valence-electron chi connectivity index (χ2n) is 8.60. The van der Waals surface area contributed by atoms with Crippen molar-refractivity contribution in [1.29, 1.82) is 0 Å². The summed E-state index contributed by atoms with van der Waals surface area (Å²) in [6.45, 7) is 0.575. The van der Waals surface area contributed by atoms with Crippen molar-refractivity contribution < 1.29 is 24.8 Å². The fourth-order valence-electron chi connectivity index (χ4n) is 4.60. The zero-order valence-electron chi connectivity index (χ0n) is 18.7. The molecule has 1 fully saturated rings. The minimum Gasteiger partial charge on any atom is -0.508 e. The summed E-state index contributed by atoms with van der Waals surface area (Å²) in [5.74, 6) is 1.09. The van der Waals surface area contributed by atoms with Gasteiger partial charge < -0.3 is 24.8 Å². The lowest BCUT2D eigenvalue weighted by molar-refractivity contribution is -0.133. The van der Waals surface area contributed by atoms with E-state index in [1.54, 1.807) is 43.5 Å². The van der Waals surface area contributed by atoms with Crippen molar-refractivity contribution in [1.82, 2.24) is 0 Å². The average Bonchev–Trinajstić information content (AvgIpc) is 2.82. The molecule has 5 heteroatoms. The first-order chi connectivity index (χ1) is 16.0. The van der Waals surface area contributed by atoms with Crippen LogP contribution in [0.1, 0.15) is 41.7 Å². The predicted molar refractivity (Wildman–Crippen MR) is 128 cm³/mol. The molecule has 3 aromatic carbocycles. The third-order valence-corrected chi connectivity index (χ3v) is 6.22. The highest BCUT2D eigenvalue weighted by atomic mass is 16.5. The summed E-state index contributed by atoms with van der Waals surface area (Å²) in [5.41, 5.74) is 3.06. The van der Waals surface area contributed by atoms with Gasteiger partial charge in [0.2, 0.25) is 0 Å². The number of phenols is 3. The van der Waals surface area contributed by atoms with Gasteiger partial charge in [-0.1, -0.05) is 48.6 Å². The largest absolute Gasteiger partial charge is 0.508 e. The average molecular weight is 447 g/mol. The van der Waals surface area contributed by atoms with Crippen molar-refractivity contribution in [3.8, 4) is 17.2 Å². The van der Waals surface area contributed by atoms with E-state index >= 15 is 0 Å². The lowest BCUT2D eigenvalue weighted by Crippen LogP contribution is -2.34. The van der Waals surface area contributed by atoms with Crippen molar-refractivity contribution in [2.24, 2.45) is 11.8 Å². The monoisotopic (exact) mass is 446 g/mol. The van der Waals surface area contributed by atoms with E-state index in [4.69, 9.17) is 9.47 Å². The summed E-state index contributed by atoms with van der Waals surface area (Å²) in [6, 6.07) is 21.5. The van der Waals surface area contributed by atoms with Gasteiger partial charge in [0.05, 0.1) is 18.8 Å². The van der Waals surface area contributed by atoms with Gasteiger partial charge in [0.1, 0.15) is 17.2 Å². The lowest BCUT2D eigenvalue weighted by atomic mass is 9.78. The summed E-state index contributed by atoms with van der Waals surface area (Å²) in [7, 11) is 1.71. The summed E-state index contributed by atoms with van der Waals surface area (Å²) < 4.78 is 12.3. The molecule has 0 aliphatic carbocycles. The SMILES string of the molecule is COCC1CC(CC=Cc2ccc(O)cc2)C(c2ccc(O)cc2)OC1c1ccc(O)cc1. The number of hydrogen-bond acceptors (Lipinski definition) is 5. The molecule has 0 bridgehead atoms. The molecule has 0 amide bonds. The molecule has 0 radical (unpaired) electrons. The van der Waals surface area contributed by atoms with Crippen LogP contribution in [0.25, 0.3) is 6.08 Å². The zero-order valence-corrected chi connectivity index (χ0v) is 18.7.